The average Bonchev–Trinajstić information content (AvgIpc) is 0.819. The summed E-state index contributed by atoms with van der Waals surface area (Å²) in [6, 6.07) is 95.5. The molecule has 12 rings (SSSR count). The van der Waals surface area contributed by atoms with Crippen molar-refractivity contribution in [3.8, 4) is 28.7 Å². The first-order valence-corrected chi connectivity index (χ1v) is 57.2. The van der Waals surface area contributed by atoms with Crippen LogP contribution in [-0.4, -0.2) is 64.3 Å². The van der Waals surface area contributed by atoms with Crippen LogP contribution in [0, 0.1) is 5.92 Å². The number of rotatable bonds is 37. The summed E-state index contributed by atoms with van der Waals surface area (Å²) in [5, 5.41) is 0. The van der Waals surface area contributed by atoms with Gasteiger partial charge in [-0.1, -0.05) is 422 Å². The molecule has 0 atom stereocenters. The zero-order valence-electron chi connectivity index (χ0n) is 97.5. The van der Waals surface area contributed by atoms with Crippen LogP contribution in [0.4, 0.5) is 5.69 Å². The number of sulfonamides is 1. The van der Waals surface area contributed by atoms with E-state index in [0.29, 0.717) is 89.7 Å². The van der Waals surface area contributed by atoms with E-state index in [1.165, 1.54) is 149 Å². The highest BCUT2D eigenvalue weighted by Gasteiger charge is 2.24. The molecule has 0 radical (unpaired) electrons. The fourth-order valence-electron chi connectivity index (χ4n) is 15.2. The Morgan fingerprint density at radius 1 is 0.290 bits per heavy atom. The molecule has 1 fully saturated rings. The van der Waals surface area contributed by atoms with Gasteiger partial charge >= 0.3 is 0 Å². The summed E-state index contributed by atoms with van der Waals surface area (Å²) in [4.78, 5) is 2.91. The standard InChI is InChI=1S/C16H18O.C15H25NO2S.C14H21N.C14H22O.2C13H20O.2C13H20.C12H18O.C12H18/c1-13(2)15-10-8-14(9-11-15)12-17-16-6-4-3-5-7-16;1-5-11-16(12-6-2)19(17,18)15-9-7-14(8-10-15)13(3)4;1-12(2)13-6-8-14(9-7-13)15-10-4-3-5-11-15;1-11(2)9-10-15-14-7-5-13(6-8-14)12(3)4;1-10(2)11-6-8-12(9-7-11)14-13(3,4)5;1-4-5-10-14-13-8-6-12(7-9-13)11(2)3;1-10(2)11-6-8-12(9-7-11)13(3,4)5;1-4-5-6-12-7-9-13(10-8-12)11(2)3;1-4-9-13-12-7-5-11(6-8-12)10(2)3;1-4-5-11-6-8-12(9-7-11)10(2)3/h3-11,13H,12H2,1-2H3;7-10,13H,5-6,11-12H2,1-4H3;6-9,12H,3-5,10-11H2,1-2H3;5-8,11-12H,9-10H2,1-4H3;6-10H,1-5H3;6-9,11H,4-5,10H2,1-3H3;6-10H,1-5H3;7-11H,4-6H2,1-3H3;5-8,10H,4,9H2,1-3H3;6-10H,4-5H2,1-3H3. The van der Waals surface area contributed by atoms with Gasteiger partial charge in [0.15, 0.2) is 0 Å². The van der Waals surface area contributed by atoms with E-state index in [-0.39, 0.29) is 11.0 Å². The van der Waals surface area contributed by atoms with E-state index in [1.807, 2.05) is 80.6 Å². The second-order valence-electron chi connectivity index (χ2n) is 44.3. The van der Waals surface area contributed by atoms with Gasteiger partial charge in [-0.3, -0.25) is 0 Å². The molecule has 0 aliphatic carbocycles. The summed E-state index contributed by atoms with van der Waals surface area (Å²) in [7, 11) is -3.33. The summed E-state index contributed by atoms with van der Waals surface area (Å²) >= 11 is 0. The van der Waals surface area contributed by atoms with Crippen molar-refractivity contribution in [2.45, 2.75) is 407 Å². The predicted octanol–water partition coefficient (Wildman–Crippen LogP) is 39.6. The van der Waals surface area contributed by atoms with Gasteiger partial charge in [-0.05, 0) is 325 Å². The summed E-state index contributed by atoms with van der Waals surface area (Å²) in [6.45, 7) is 80.9. The zero-order valence-corrected chi connectivity index (χ0v) is 98.4. The van der Waals surface area contributed by atoms with Gasteiger partial charge < -0.3 is 28.6 Å². The number of hydrogen-bond acceptors (Lipinski definition) is 8. The lowest BCUT2D eigenvalue weighted by atomic mass is 9.86. The number of ether oxygens (including phenoxy) is 5. The third-order valence-corrected chi connectivity index (χ3v) is 27.0. The molecule has 10 heteroatoms. The third kappa shape index (κ3) is 55.1. The smallest absolute Gasteiger partial charge is 0.243 e. The Morgan fingerprint density at radius 2 is 0.593 bits per heavy atom. The van der Waals surface area contributed by atoms with E-state index < -0.39 is 10.0 Å². The molecule has 0 amide bonds. The van der Waals surface area contributed by atoms with Gasteiger partial charge in [-0.15, -0.1) is 0 Å². The quantitative estimate of drug-likeness (QED) is 0.0356. The summed E-state index contributed by atoms with van der Waals surface area (Å²) in [5.41, 5.74) is 20.9. The first-order chi connectivity index (χ1) is 68.8. The fraction of sp³-hybridized carbons (Fsp3) is 0.511. The number of unbranched alkanes of at least 4 members (excludes halogenated alkanes) is 2. The van der Waals surface area contributed by atoms with Crippen LogP contribution in [0.3, 0.4) is 0 Å². The second kappa shape index (κ2) is 71.7. The van der Waals surface area contributed by atoms with Crippen molar-refractivity contribution in [1.82, 2.24) is 4.31 Å². The molecule has 0 N–H and O–H groups in total. The van der Waals surface area contributed by atoms with Gasteiger partial charge in [0.2, 0.25) is 10.0 Å². The number of hydrogen-bond donors (Lipinski definition) is 0. The molecular formula is C135H202N2O7S. The number of aryl methyl sites for hydroxylation is 2. The van der Waals surface area contributed by atoms with Gasteiger partial charge in [0.25, 0.3) is 0 Å². The number of para-hydroxylation sites is 1. The average molecular weight is 2000 g/mol. The minimum Gasteiger partial charge on any atom is -0.494 e. The highest BCUT2D eigenvalue weighted by Crippen LogP contribution is 2.31. The van der Waals surface area contributed by atoms with Crippen molar-refractivity contribution < 1.29 is 32.1 Å². The minimum atomic E-state index is -3.33. The van der Waals surface area contributed by atoms with Gasteiger partial charge in [0, 0.05) is 31.9 Å². The van der Waals surface area contributed by atoms with Crippen molar-refractivity contribution in [2.24, 2.45) is 5.92 Å². The molecule has 11 aromatic rings. The van der Waals surface area contributed by atoms with Crippen LogP contribution in [0.1, 0.15) is 450 Å². The molecular weight excluding hydrogens is 1790 g/mol. The lowest BCUT2D eigenvalue weighted by Gasteiger charge is -2.29. The van der Waals surface area contributed by atoms with E-state index in [1.54, 1.807) is 16.4 Å². The van der Waals surface area contributed by atoms with Crippen molar-refractivity contribution in [2.75, 3.05) is 50.9 Å². The highest BCUT2D eigenvalue weighted by molar-refractivity contribution is 7.89. The van der Waals surface area contributed by atoms with Gasteiger partial charge in [-0.25, -0.2) is 8.42 Å². The third-order valence-electron chi connectivity index (χ3n) is 25.1. The Kier molecular flexibility index (Phi) is 63.9. The summed E-state index contributed by atoms with van der Waals surface area (Å²) < 4.78 is 54.8. The molecule has 9 nitrogen and oxygen atoms in total. The number of nitrogens with zero attached hydrogens (tertiary/aromatic N) is 2. The fourth-order valence-corrected chi connectivity index (χ4v) is 16.8. The predicted molar refractivity (Wildman–Crippen MR) is 634 cm³/mol. The molecule has 1 aliphatic rings. The largest absolute Gasteiger partial charge is 0.494 e. The molecule has 0 saturated carbocycles. The normalized spacial score (nSPS) is 11.8. The Hall–Kier alpha value is -9.87. The molecule has 800 valence electrons. The lowest BCUT2D eigenvalue weighted by molar-refractivity contribution is 0.131. The van der Waals surface area contributed by atoms with Gasteiger partial charge in [-0.2, -0.15) is 4.31 Å². The van der Waals surface area contributed by atoms with Crippen LogP contribution in [0.15, 0.2) is 278 Å². The van der Waals surface area contributed by atoms with Crippen LogP contribution < -0.4 is 28.6 Å². The Labute approximate surface area is 889 Å². The van der Waals surface area contributed by atoms with Gasteiger partial charge in [0.05, 0.1) is 24.7 Å². The van der Waals surface area contributed by atoms with Crippen LogP contribution in [0.5, 0.6) is 28.7 Å². The van der Waals surface area contributed by atoms with E-state index in [4.69, 9.17) is 23.7 Å². The first kappa shape index (κ1) is 129. The zero-order chi connectivity index (χ0) is 108. The number of piperidine rings is 1. The Bertz CT molecular complexity index is 5070. The summed E-state index contributed by atoms with van der Waals surface area (Å²) in [6.07, 6.45) is 16.5. The van der Waals surface area contributed by atoms with E-state index in [9.17, 15) is 8.42 Å². The SMILES string of the molecule is CC(C)CCOc1ccc(C(C)C)cc1.CC(C)c1ccc(C(C)(C)C)cc1.CC(C)c1ccc(COc2ccccc2)cc1.CC(C)c1ccc(N2CCCCC2)cc1.CC(C)c1ccc(OC(C)(C)C)cc1.CCCCOc1ccc(C(C)C)cc1.CCCCc1ccc(C(C)C)cc1.CCCN(CCC)S(=O)(=O)c1ccc(C(C)C)cc1.CCCOc1ccc(C(C)C)cc1.CCCc1ccc(C(C)C)cc1. The first-order valence-electron chi connectivity index (χ1n) is 55.8. The van der Waals surface area contributed by atoms with Gasteiger partial charge in [0.1, 0.15) is 41.0 Å². The van der Waals surface area contributed by atoms with Crippen LogP contribution in [0.2, 0.25) is 0 Å². The number of benzene rings is 11. The molecule has 1 aliphatic heterocycles. The molecule has 0 aromatic heterocycles. The topological polar surface area (TPSA) is 86.8 Å². The second-order valence-corrected chi connectivity index (χ2v) is 46.2. The van der Waals surface area contributed by atoms with Crippen LogP contribution >= 0.6 is 0 Å². The maximum atomic E-state index is 12.5. The van der Waals surface area contributed by atoms with Crippen LogP contribution in [0.25, 0.3) is 0 Å². The molecule has 0 unspecified atom stereocenters. The van der Waals surface area contributed by atoms with Crippen molar-refractivity contribution in [1.29, 1.82) is 0 Å². The van der Waals surface area contributed by atoms with E-state index in [2.05, 4.69) is 421 Å². The number of anilines is 1. The molecule has 11 aromatic carbocycles. The molecule has 145 heavy (non-hydrogen) atoms. The van der Waals surface area contributed by atoms with Crippen LogP contribution in [-0.2, 0) is 34.9 Å². The highest BCUT2D eigenvalue weighted by atomic mass is 32.2. The van der Waals surface area contributed by atoms with E-state index >= 15 is 0 Å². The molecule has 0 bridgehead atoms. The molecule has 1 heterocycles. The lowest BCUT2D eigenvalue weighted by Crippen LogP contribution is -2.32. The maximum absolute atomic E-state index is 12.5. The van der Waals surface area contributed by atoms with Crippen molar-refractivity contribution in [3.05, 3.63) is 351 Å². The Balaban J connectivity index is 0.000000415. The van der Waals surface area contributed by atoms with E-state index in [0.717, 1.165) is 86.2 Å². The Morgan fingerprint density at radius 3 is 0.910 bits per heavy atom. The minimum absolute atomic E-state index is 0.112. The maximum Gasteiger partial charge on any atom is 0.243 e. The monoisotopic (exact) mass is 2000 g/mol. The molecule has 0 spiro atoms. The molecule has 1 saturated heterocycles. The van der Waals surface area contributed by atoms with Crippen molar-refractivity contribution in [3.63, 3.8) is 0 Å². The summed E-state index contributed by atoms with van der Waals surface area (Å²) in [5.74, 6) is 11.5. The van der Waals surface area contributed by atoms with Crippen molar-refractivity contribution >= 4 is 15.7 Å².